The molecular formula is C28H23N5O2S. The van der Waals surface area contributed by atoms with E-state index < -0.39 is 0 Å². The Hall–Kier alpha value is -4.17. The summed E-state index contributed by atoms with van der Waals surface area (Å²) in [7, 11) is 0. The van der Waals surface area contributed by atoms with Gasteiger partial charge in [0.05, 0.1) is 22.3 Å². The van der Waals surface area contributed by atoms with Gasteiger partial charge in [0.25, 0.3) is 5.56 Å². The van der Waals surface area contributed by atoms with Crippen molar-refractivity contribution >= 4 is 45.1 Å². The number of aromatic amines is 1. The first-order chi connectivity index (χ1) is 17.4. The van der Waals surface area contributed by atoms with Crippen LogP contribution in [0.15, 0.2) is 76.7 Å². The summed E-state index contributed by atoms with van der Waals surface area (Å²) in [6.07, 6.45) is 0. The molecule has 8 heteroatoms. The Labute approximate surface area is 210 Å². The van der Waals surface area contributed by atoms with Gasteiger partial charge < -0.3 is 4.98 Å². The number of carbonyl (C=O) groups is 1. The summed E-state index contributed by atoms with van der Waals surface area (Å²) < 4.78 is 3.49. The number of nitrogens with one attached hydrogen (secondary N) is 1. The number of H-pyrrole nitrogens is 1. The summed E-state index contributed by atoms with van der Waals surface area (Å²) >= 11 is 1.32. The summed E-state index contributed by atoms with van der Waals surface area (Å²) in [5.74, 6) is 0.630. The molecule has 0 aliphatic rings. The molecule has 1 N–H and O–H groups in total. The minimum atomic E-state index is -0.152. The van der Waals surface area contributed by atoms with Crippen molar-refractivity contribution in [1.82, 2.24) is 24.1 Å². The zero-order valence-corrected chi connectivity index (χ0v) is 20.9. The van der Waals surface area contributed by atoms with Gasteiger partial charge in [0.1, 0.15) is 0 Å². The molecule has 0 aliphatic heterocycles. The lowest BCUT2D eigenvalue weighted by molar-refractivity contribution is 0.102. The number of hydrogen-bond donors (Lipinski definition) is 1. The molecular weight excluding hydrogens is 470 g/mol. The van der Waals surface area contributed by atoms with Crippen LogP contribution in [-0.2, 0) is 0 Å². The van der Waals surface area contributed by atoms with E-state index in [2.05, 4.69) is 15.2 Å². The number of aromatic nitrogens is 5. The van der Waals surface area contributed by atoms with Crippen molar-refractivity contribution in [1.29, 1.82) is 0 Å². The lowest BCUT2D eigenvalue weighted by Gasteiger charge is -2.14. The summed E-state index contributed by atoms with van der Waals surface area (Å²) in [5.41, 5.74) is 5.82. The SMILES string of the molecule is Cc1ccc(C)c(-n2c(=O)c3ccccc3n3c(SCC(=O)c4c(C)[nH]c5ccccc45)nnc23)c1. The average molecular weight is 494 g/mol. The van der Waals surface area contributed by atoms with E-state index in [0.29, 0.717) is 27.4 Å². The van der Waals surface area contributed by atoms with E-state index in [1.54, 1.807) is 4.57 Å². The Kier molecular flexibility index (Phi) is 5.26. The summed E-state index contributed by atoms with van der Waals surface area (Å²) in [6.45, 7) is 5.89. The highest BCUT2D eigenvalue weighted by molar-refractivity contribution is 7.99. The van der Waals surface area contributed by atoms with Crippen LogP contribution in [-0.4, -0.2) is 35.7 Å². The van der Waals surface area contributed by atoms with Crippen molar-refractivity contribution in [2.75, 3.05) is 5.75 Å². The summed E-state index contributed by atoms with van der Waals surface area (Å²) in [6, 6.07) is 21.2. The fourth-order valence-electron chi connectivity index (χ4n) is 4.79. The summed E-state index contributed by atoms with van der Waals surface area (Å²) in [4.78, 5) is 30.2. The van der Waals surface area contributed by atoms with Crippen LogP contribution in [0.1, 0.15) is 27.2 Å². The van der Waals surface area contributed by atoms with Gasteiger partial charge in [0.15, 0.2) is 10.9 Å². The second kappa shape index (κ2) is 8.49. The maximum Gasteiger partial charge on any atom is 0.267 e. The van der Waals surface area contributed by atoms with Crippen molar-refractivity contribution < 1.29 is 4.79 Å². The highest BCUT2D eigenvalue weighted by Crippen LogP contribution is 2.27. The number of benzene rings is 3. The number of Topliss-reactive ketones (excluding diaryl/α,β-unsaturated/α-hetero) is 1. The van der Waals surface area contributed by atoms with Gasteiger partial charge in [-0.15, -0.1) is 10.2 Å². The van der Waals surface area contributed by atoms with Gasteiger partial charge in [-0.1, -0.05) is 54.2 Å². The van der Waals surface area contributed by atoms with Crippen LogP contribution < -0.4 is 5.56 Å². The quantitative estimate of drug-likeness (QED) is 0.256. The van der Waals surface area contributed by atoms with E-state index in [9.17, 15) is 9.59 Å². The first kappa shape index (κ1) is 22.3. The van der Waals surface area contributed by atoms with Crippen molar-refractivity contribution in [2.45, 2.75) is 25.9 Å². The molecule has 0 radical (unpaired) electrons. The number of fused-ring (bicyclic) bond motifs is 4. The molecule has 0 bridgehead atoms. The van der Waals surface area contributed by atoms with E-state index >= 15 is 0 Å². The van der Waals surface area contributed by atoms with Crippen molar-refractivity contribution in [3.8, 4) is 5.69 Å². The third-order valence-corrected chi connectivity index (χ3v) is 7.43. The van der Waals surface area contributed by atoms with Crippen molar-refractivity contribution in [2.24, 2.45) is 0 Å². The molecule has 0 amide bonds. The number of hydrogen-bond acceptors (Lipinski definition) is 5. The minimum absolute atomic E-state index is 0.0128. The van der Waals surface area contributed by atoms with Gasteiger partial charge in [-0.3, -0.25) is 14.0 Å². The Bertz CT molecular complexity index is 1880. The normalized spacial score (nSPS) is 11.6. The molecule has 0 unspecified atom stereocenters. The van der Waals surface area contributed by atoms with Gasteiger partial charge >= 0.3 is 0 Å². The highest BCUT2D eigenvalue weighted by atomic mass is 32.2. The lowest BCUT2D eigenvalue weighted by atomic mass is 10.1. The monoisotopic (exact) mass is 493 g/mol. The zero-order valence-electron chi connectivity index (χ0n) is 20.1. The molecule has 6 rings (SSSR count). The van der Waals surface area contributed by atoms with Crippen LogP contribution in [0.5, 0.6) is 0 Å². The second-order valence-corrected chi connectivity index (χ2v) is 9.89. The second-order valence-electron chi connectivity index (χ2n) is 8.95. The molecule has 0 aliphatic carbocycles. The molecule has 0 saturated heterocycles. The topological polar surface area (TPSA) is 85.0 Å². The largest absolute Gasteiger partial charge is 0.358 e. The van der Waals surface area contributed by atoms with E-state index in [1.807, 2.05) is 91.9 Å². The highest BCUT2D eigenvalue weighted by Gasteiger charge is 2.21. The molecule has 3 aromatic heterocycles. The standard InChI is InChI=1S/C28H23N5O2S/c1-16-12-13-17(2)23(14-16)32-26(35)20-9-5-7-11-22(20)33-27(32)30-31-28(33)36-15-24(34)25-18(3)29-21-10-6-4-8-19(21)25/h4-14,29H,15H2,1-3H3. The maximum absolute atomic E-state index is 13.6. The number of carbonyl (C=O) groups excluding carboxylic acids is 1. The Morgan fingerprint density at radius 1 is 0.944 bits per heavy atom. The molecule has 7 nitrogen and oxygen atoms in total. The molecule has 0 saturated carbocycles. The molecule has 36 heavy (non-hydrogen) atoms. The molecule has 3 heterocycles. The molecule has 6 aromatic rings. The van der Waals surface area contributed by atoms with Gasteiger partial charge in [0, 0.05) is 22.2 Å². The number of aryl methyl sites for hydroxylation is 3. The van der Waals surface area contributed by atoms with E-state index in [-0.39, 0.29) is 17.1 Å². The predicted molar refractivity (Wildman–Crippen MR) is 144 cm³/mol. The van der Waals surface area contributed by atoms with E-state index in [0.717, 1.165) is 33.4 Å². The van der Waals surface area contributed by atoms with Crippen LogP contribution in [0.2, 0.25) is 0 Å². The Morgan fingerprint density at radius 2 is 1.69 bits per heavy atom. The van der Waals surface area contributed by atoms with Gasteiger partial charge in [-0.05, 0) is 56.2 Å². The lowest BCUT2D eigenvalue weighted by Crippen LogP contribution is -2.22. The smallest absolute Gasteiger partial charge is 0.267 e. The Morgan fingerprint density at radius 3 is 2.53 bits per heavy atom. The molecule has 0 atom stereocenters. The fraction of sp³-hybridized carbons (Fsp3) is 0.143. The number of thioether (sulfide) groups is 1. The molecule has 3 aromatic carbocycles. The van der Waals surface area contributed by atoms with Gasteiger partial charge in [-0.2, -0.15) is 0 Å². The zero-order chi connectivity index (χ0) is 25.0. The number of nitrogens with zero attached hydrogens (tertiary/aromatic N) is 4. The number of rotatable bonds is 5. The first-order valence-electron chi connectivity index (χ1n) is 11.6. The number of para-hydroxylation sites is 2. The van der Waals surface area contributed by atoms with Gasteiger partial charge in [-0.25, -0.2) is 4.57 Å². The van der Waals surface area contributed by atoms with E-state index in [1.165, 1.54) is 11.8 Å². The van der Waals surface area contributed by atoms with Crippen LogP contribution in [0.3, 0.4) is 0 Å². The average Bonchev–Trinajstić information content (AvgIpc) is 3.45. The molecule has 0 fully saturated rings. The maximum atomic E-state index is 13.6. The van der Waals surface area contributed by atoms with Crippen LogP contribution >= 0.6 is 11.8 Å². The molecule has 0 spiro atoms. The molecule has 178 valence electrons. The predicted octanol–water partition coefficient (Wildman–Crippen LogP) is 5.41. The van der Waals surface area contributed by atoms with E-state index in [4.69, 9.17) is 0 Å². The first-order valence-corrected chi connectivity index (χ1v) is 12.6. The third-order valence-electron chi connectivity index (χ3n) is 6.51. The Balaban J connectivity index is 1.49. The van der Waals surface area contributed by atoms with Crippen LogP contribution in [0.4, 0.5) is 0 Å². The van der Waals surface area contributed by atoms with Crippen molar-refractivity contribution in [3.05, 3.63) is 99.5 Å². The summed E-state index contributed by atoms with van der Waals surface area (Å²) in [5, 5.41) is 10.9. The number of ketones is 1. The fourth-order valence-corrected chi connectivity index (χ4v) is 5.60. The van der Waals surface area contributed by atoms with Crippen LogP contribution in [0.25, 0.3) is 33.3 Å². The van der Waals surface area contributed by atoms with Crippen LogP contribution in [0, 0.1) is 20.8 Å². The minimum Gasteiger partial charge on any atom is -0.358 e. The van der Waals surface area contributed by atoms with Gasteiger partial charge in [0.2, 0.25) is 5.78 Å². The third kappa shape index (κ3) is 3.45. The van der Waals surface area contributed by atoms with Crippen molar-refractivity contribution in [3.63, 3.8) is 0 Å².